The third kappa shape index (κ3) is 3.39. The number of halogens is 1. The van der Waals surface area contributed by atoms with Gasteiger partial charge in [-0.05, 0) is 18.2 Å². The minimum Gasteiger partial charge on any atom is -0.477 e. The standard InChI is InChI=1S/C10H8BrNO4/c11-6-2-1-3-7(4-6)12-5-8(9(13)14)10(15)16/h1-5,12H,(H,13,14)(H,15,16). The molecule has 0 aliphatic carbocycles. The predicted octanol–water partition coefficient (Wildman–Crippen LogP) is 1.91. The Hall–Kier alpha value is -1.82. The third-order valence-corrected chi connectivity index (χ3v) is 2.16. The average molecular weight is 286 g/mol. The van der Waals surface area contributed by atoms with Crippen LogP contribution in [0.4, 0.5) is 5.69 Å². The Morgan fingerprint density at radius 2 is 1.88 bits per heavy atom. The Bertz CT molecular complexity index is 440. The van der Waals surface area contributed by atoms with E-state index in [0.29, 0.717) is 5.69 Å². The van der Waals surface area contributed by atoms with Gasteiger partial charge < -0.3 is 15.5 Å². The Kier molecular flexibility index (Phi) is 4.07. The Morgan fingerprint density at radius 1 is 1.25 bits per heavy atom. The maximum atomic E-state index is 10.5. The first kappa shape index (κ1) is 12.3. The van der Waals surface area contributed by atoms with E-state index >= 15 is 0 Å². The summed E-state index contributed by atoms with van der Waals surface area (Å²) in [5.41, 5.74) is -0.130. The third-order valence-electron chi connectivity index (χ3n) is 1.67. The molecule has 0 spiro atoms. The number of hydrogen-bond donors (Lipinski definition) is 3. The molecule has 1 aromatic carbocycles. The molecule has 0 saturated carbocycles. The van der Waals surface area contributed by atoms with E-state index in [9.17, 15) is 9.59 Å². The molecule has 0 heterocycles. The fourth-order valence-electron chi connectivity index (χ4n) is 0.949. The molecule has 1 aromatic rings. The van der Waals surface area contributed by atoms with E-state index < -0.39 is 17.5 Å². The van der Waals surface area contributed by atoms with Crippen molar-refractivity contribution >= 4 is 33.6 Å². The summed E-state index contributed by atoms with van der Waals surface area (Å²) in [5.74, 6) is -2.98. The highest BCUT2D eigenvalue weighted by Crippen LogP contribution is 2.15. The van der Waals surface area contributed by atoms with Crippen molar-refractivity contribution in [2.45, 2.75) is 0 Å². The average Bonchev–Trinajstić information content (AvgIpc) is 2.16. The van der Waals surface area contributed by atoms with Crippen LogP contribution < -0.4 is 5.32 Å². The molecule has 5 nitrogen and oxygen atoms in total. The van der Waals surface area contributed by atoms with E-state index in [4.69, 9.17) is 10.2 Å². The van der Waals surface area contributed by atoms with Crippen molar-refractivity contribution in [3.05, 3.63) is 40.5 Å². The van der Waals surface area contributed by atoms with Crippen LogP contribution in [0.25, 0.3) is 0 Å². The van der Waals surface area contributed by atoms with E-state index in [1.165, 1.54) is 0 Å². The number of carboxylic acid groups (broad SMARTS) is 2. The number of carbonyl (C=O) groups is 2. The van der Waals surface area contributed by atoms with Gasteiger partial charge in [-0.15, -0.1) is 0 Å². The van der Waals surface area contributed by atoms with E-state index in [0.717, 1.165) is 10.7 Å². The van der Waals surface area contributed by atoms with Gasteiger partial charge in [0.15, 0.2) is 5.57 Å². The molecule has 16 heavy (non-hydrogen) atoms. The van der Waals surface area contributed by atoms with Crippen molar-refractivity contribution in [2.24, 2.45) is 0 Å². The lowest BCUT2D eigenvalue weighted by atomic mass is 10.3. The zero-order valence-electron chi connectivity index (χ0n) is 7.98. The summed E-state index contributed by atoms with van der Waals surface area (Å²) in [4.78, 5) is 21.1. The molecule has 0 radical (unpaired) electrons. The summed E-state index contributed by atoms with van der Waals surface area (Å²) < 4.78 is 0.804. The largest absolute Gasteiger partial charge is 0.477 e. The molecule has 0 amide bonds. The van der Waals surface area contributed by atoms with E-state index in [2.05, 4.69) is 21.2 Å². The number of anilines is 1. The monoisotopic (exact) mass is 285 g/mol. The van der Waals surface area contributed by atoms with Crippen LogP contribution in [0.2, 0.25) is 0 Å². The van der Waals surface area contributed by atoms with E-state index in [-0.39, 0.29) is 0 Å². The summed E-state index contributed by atoms with van der Waals surface area (Å²) in [7, 11) is 0. The van der Waals surface area contributed by atoms with Crippen LogP contribution in [0.3, 0.4) is 0 Å². The SMILES string of the molecule is O=C(O)C(=CNc1cccc(Br)c1)C(=O)O. The lowest BCUT2D eigenvalue weighted by Gasteiger charge is -2.02. The summed E-state index contributed by atoms with van der Waals surface area (Å²) >= 11 is 3.23. The number of aliphatic carboxylic acids is 2. The van der Waals surface area contributed by atoms with Crippen LogP contribution in [0.5, 0.6) is 0 Å². The summed E-state index contributed by atoms with van der Waals surface area (Å²) in [6.45, 7) is 0. The normalized spacial score (nSPS) is 9.31. The molecule has 0 aliphatic rings. The van der Waals surface area contributed by atoms with Crippen LogP contribution >= 0.6 is 15.9 Å². The second kappa shape index (κ2) is 5.32. The Balaban J connectivity index is 2.85. The second-order valence-corrected chi connectivity index (χ2v) is 3.74. The van der Waals surface area contributed by atoms with Gasteiger partial charge in [-0.1, -0.05) is 22.0 Å². The number of nitrogens with one attached hydrogen (secondary N) is 1. The number of rotatable bonds is 4. The molecule has 0 bridgehead atoms. The number of carboxylic acids is 2. The van der Waals surface area contributed by atoms with Gasteiger partial charge in [0.05, 0.1) is 0 Å². The zero-order valence-corrected chi connectivity index (χ0v) is 9.56. The smallest absolute Gasteiger partial charge is 0.344 e. The number of hydrogen-bond acceptors (Lipinski definition) is 3. The quantitative estimate of drug-likeness (QED) is 0.447. The predicted molar refractivity (Wildman–Crippen MR) is 61.1 cm³/mol. The molecule has 84 valence electrons. The molecule has 0 aliphatic heterocycles. The zero-order chi connectivity index (χ0) is 12.1. The van der Waals surface area contributed by atoms with Crippen LogP contribution in [-0.2, 0) is 9.59 Å². The van der Waals surface area contributed by atoms with Crippen molar-refractivity contribution < 1.29 is 19.8 Å². The van der Waals surface area contributed by atoms with Crippen LogP contribution in [0, 0.1) is 0 Å². The highest BCUT2D eigenvalue weighted by atomic mass is 79.9. The summed E-state index contributed by atoms with van der Waals surface area (Å²) in [6, 6.07) is 6.91. The van der Waals surface area contributed by atoms with Gasteiger partial charge in [-0.3, -0.25) is 0 Å². The lowest BCUT2D eigenvalue weighted by molar-refractivity contribution is -0.140. The van der Waals surface area contributed by atoms with Gasteiger partial charge >= 0.3 is 11.9 Å². The number of benzene rings is 1. The maximum Gasteiger partial charge on any atom is 0.344 e. The minimum absolute atomic E-state index is 0.592. The van der Waals surface area contributed by atoms with Gasteiger partial charge in [-0.25, -0.2) is 9.59 Å². The molecular formula is C10H8BrNO4. The summed E-state index contributed by atoms with van der Waals surface area (Å²) in [6.07, 6.45) is 0.937. The van der Waals surface area contributed by atoms with Gasteiger partial charge in [-0.2, -0.15) is 0 Å². The first-order valence-corrected chi connectivity index (χ1v) is 4.99. The van der Waals surface area contributed by atoms with Gasteiger partial charge in [0.25, 0.3) is 0 Å². The summed E-state index contributed by atoms with van der Waals surface area (Å²) in [5, 5.41) is 19.8. The molecule has 1 rings (SSSR count). The molecule has 6 heteroatoms. The molecule has 0 atom stereocenters. The van der Waals surface area contributed by atoms with E-state index in [1.54, 1.807) is 24.3 Å². The molecule has 0 fully saturated rings. The highest BCUT2D eigenvalue weighted by molar-refractivity contribution is 9.10. The van der Waals surface area contributed by atoms with Gasteiger partial charge in [0.2, 0.25) is 0 Å². The molecule has 0 aromatic heterocycles. The van der Waals surface area contributed by atoms with E-state index in [1.807, 2.05) is 0 Å². The Labute approximate surface area is 99.5 Å². The minimum atomic E-state index is -1.49. The molecule has 0 unspecified atom stereocenters. The first-order chi connectivity index (χ1) is 7.50. The fraction of sp³-hybridized carbons (Fsp3) is 0. The van der Waals surface area contributed by atoms with Crippen molar-refractivity contribution in [3.8, 4) is 0 Å². The van der Waals surface area contributed by atoms with Crippen LogP contribution in [-0.4, -0.2) is 22.2 Å². The fourth-order valence-corrected chi connectivity index (χ4v) is 1.35. The van der Waals surface area contributed by atoms with Crippen molar-refractivity contribution in [1.29, 1.82) is 0 Å². The Morgan fingerprint density at radius 3 is 2.38 bits per heavy atom. The first-order valence-electron chi connectivity index (χ1n) is 4.19. The second-order valence-electron chi connectivity index (χ2n) is 2.82. The molecular weight excluding hydrogens is 278 g/mol. The maximum absolute atomic E-state index is 10.5. The van der Waals surface area contributed by atoms with Gasteiger partial charge in [0.1, 0.15) is 0 Å². The topological polar surface area (TPSA) is 86.6 Å². The molecule has 0 saturated heterocycles. The van der Waals surface area contributed by atoms with Crippen molar-refractivity contribution in [2.75, 3.05) is 5.32 Å². The van der Waals surface area contributed by atoms with Crippen molar-refractivity contribution in [3.63, 3.8) is 0 Å². The lowest BCUT2D eigenvalue weighted by Crippen LogP contribution is -2.12. The van der Waals surface area contributed by atoms with Crippen molar-refractivity contribution in [1.82, 2.24) is 0 Å². The van der Waals surface area contributed by atoms with Gasteiger partial charge in [0, 0.05) is 16.4 Å². The highest BCUT2D eigenvalue weighted by Gasteiger charge is 2.15. The van der Waals surface area contributed by atoms with Crippen LogP contribution in [0.1, 0.15) is 0 Å². The molecule has 3 N–H and O–H groups in total. The van der Waals surface area contributed by atoms with Crippen LogP contribution in [0.15, 0.2) is 40.5 Å².